The molecule has 0 saturated heterocycles. The number of nitrogens with one attached hydrogen (secondary N) is 1. The van der Waals surface area contributed by atoms with Crippen molar-refractivity contribution in [3.8, 4) is 0 Å². The average molecular weight is 176 g/mol. The molecular formula is C11H16N2. The lowest BCUT2D eigenvalue weighted by atomic mass is 10.1. The fraction of sp³-hybridized carbons (Fsp3) is 0.364. The van der Waals surface area contributed by atoms with E-state index in [2.05, 4.69) is 29.9 Å². The summed E-state index contributed by atoms with van der Waals surface area (Å²) in [4.78, 5) is 7.86. The van der Waals surface area contributed by atoms with Gasteiger partial charge in [-0.1, -0.05) is 26.0 Å². The summed E-state index contributed by atoms with van der Waals surface area (Å²) >= 11 is 0. The maximum atomic E-state index is 4.53. The molecule has 70 valence electrons. The summed E-state index contributed by atoms with van der Waals surface area (Å²) in [5.74, 6) is 1.62. The lowest BCUT2D eigenvalue weighted by Gasteiger charge is -2.01. The van der Waals surface area contributed by atoms with Crippen molar-refractivity contribution in [2.24, 2.45) is 0 Å². The zero-order chi connectivity index (χ0) is 9.26. The van der Waals surface area contributed by atoms with E-state index < -0.39 is 0 Å². The van der Waals surface area contributed by atoms with Crippen LogP contribution < -0.4 is 0 Å². The number of aromatic nitrogens is 2. The van der Waals surface area contributed by atoms with Crippen molar-refractivity contribution in [1.82, 2.24) is 9.97 Å². The third-order valence-corrected chi connectivity index (χ3v) is 2.49. The molecule has 1 aromatic carbocycles. The van der Waals surface area contributed by atoms with E-state index in [1.54, 1.807) is 0 Å². The molecule has 1 atom stereocenters. The maximum absolute atomic E-state index is 4.53. The predicted octanol–water partition coefficient (Wildman–Crippen LogP) is 3.32. The molecule has 0 bridgehead atoms. The van der Waals surface area contributed by atoms with Gasteiger partial charge in [0.2, 0.25) is 0 Å². The number of fused-ring (bicyclic) bond motifs is 1. The van der Waals surface area contributed by atoms with Crippen molar-refractivity contribution < 1.29 is 1.43 Å². The Kier molecular flexibility index (Phi) is 2.05. The molecule has 0 aliphatic heterocycles. The molecule has 1 unspecified atom stereocenters. The van der Waals surface area contributed by atoms with Crippen LogP contribution in [0.25, 0.3) is 11.0 Å². The van der Waals surface area contributed by atoms with Crippen molar-refractivity contribution in [1.29, 1.82) is 0 Å². The van der Waals surface area contributed by atoms with Gasteiger partial charge in [0.1, 0.15) is 5.82 Å². The highest BCUT2D eigenvalue weighted by atomic mass is 14.9. The Labute approximate surface area is 79.5 Å². The summed E-state index contributed by atoms with van der Waals surface area (Å²) in [7, 11) is 0. The van der Waals surface area contributed by atoms with E-state index >= 15 is 0 Å². The van der Waals surface area contributed by atoms with Gasteiger partial charge in [0.25, 0.3) is 0 Å². The molecule has 0 spiro atoms. The topological polar surface area (TPSA) is 28.7 Å². The van der Waals surface area contributed by atoms with Crippen molar-refractivity contribution in [2.75, 3.05) is 0 Å². The Morgan fingerprint density at radius 3 is 2.92 bits per heavy atom. The minimum atomic E-state index is 0. The first-order chi connectivity index (χ1) is 6.31. The van der Waals surface area contributed by atoms with Crippen LogP contribution >= 0.6 is 0 Å². The zero-order valence-electron chi connectivity index (χ0n) is 8.04. The zero-order valence-corrected chi connectivity index (χ0v) is 8.04. The summed E-state index contributed by atoms with van der Waals surface area (Å²) in [5, 5.41) is 0. The Hall–Kier alpha value is -1.31. The van der Waals surface area contributed by atoms with Crippen LogP contribution in [0.3, 0.4) is 0 Å². The number of benzene rings is 1. The number of rotatable bonds is 2. The first-order valence-corrected chi connectivity index (χ1v) is 4.76. The smallest absolute Gasteiger partial charge is 0.110 e. The molecule has 1 N–H and O–H groups in total. The number of H-pyrrole nitrogens is 1. The standard InChI is InChI=1S/C11H14N2.H2/c1-3-8(2)11-12-9-6-4-5-7-10(9)13-11;/h4-8H,3H2,1-2H3,(H,12,13);1H. The highest BCUT2D eigenvalue weighted by molar-refractivity contribution is 5.74. The van der Waals surface area contributed by atoms with Crippen molar-refractivity contribution in [2.45, 2.75) is 26.2 Å². The molecule has 2 aromatic rings. The predicted molar refractivity (Wildman–Crippen MR) is 56.9 cm³/mol. The fourth-order valence-corrected chi connectivity index (χ4v) is 1.40. The normalized spacial score (nSPS) is 13.4. The lowest BCUT2D eigenvalue weighted by Crippen LogP contribution is -1.92. The monoisotopic (exact) mass is 176 g/mol. The molecule has 0 radical (unpaired) electrons. The van der Waals surface area contributed by atoms with Crippen LogP contribution in [0, 0.1) is 0 Å². The van der Waals surface area contributed by atoms with E-state index in [0.29, 0.717) is 5.92 Å². The molecule has 2 rings (SSSR count). The van der Waals surface area contributed by atoms with E-state index in [1.807, 2.05) is 18.2 Å². The van der Waals surface area contributed by atoms with Crippen LogP contribution in [0.15, 0.2) is 24.3 Å². The van der Waals surface area contributed by atoms with Gasteiger partial charge >= 0.3 is 0 Å². The second-order valence-corrected chi connectivity index (χ2v) is 3.45. The summed E-state index contributed by atoms with van der Waals surface area (Å²) in [6.45, 7) is 4.37. The average Bonchev–Trinajstić information content (AvgIpc) is 2.59. The van der Waals surface area contributed by atoms with Crippen molar-refractivity contribution in [3.05, 3.63) is 30.1 Å². The van der Waals surface area contributed by atoms with Gasteiger partial charge < -0.3 is 4.98 Å². The van der Waals surface area contributed by atoms with Crippen LogP contribution in [0.1, 0.15) is 33.4 Å². The van der Waals surface area contributed by atoms with Crippen molar-refractivity contribution >= 4 is 11.0 Å². The fourth-order valence-electron chi connectivity index (χ4n) is 1.40. The van der Waals surface area contributed by atoms with E-state index in [4.69, 9.17) is 0 Å². The van der Waals surface area contributed by atoms with Crippen LogP contribution in [0.5, 0.6) is 0 Å². The minimum Gasteiger partial charge on any atom is -0.342 e. The lowest BCUT2D eigenvalue weighted by molar-refractivity contribution is 0.692. The Morgan fingerprint density at radius 1 is 1.46 bits per heavy atom. The first-order valence-electron chi connectivity index (χ1n) is 4.76. The summed E-state index contributed by atoms with van der Waals surface area (Å²) in [5.41, 5.74) is 2.20. The van der Waals surface area contributed by atoms with Gasteiger partial charge in [0.05, 0.1) is 11.0 Å². The maximum Gasteiger partial charge on any atom is 0.110 e. The molecule has 2 nitrogen and oxygen atoms in total. The van der Waals surface area contributed by atoms with E-state index in [9.17, 15) is 0 Å². The Morgan fingerprint density at radius 2 is 2.23 bits per heavy atom. The SMILES string of the molecule is CCC(C)c1nc2ccccc2[nH]1.[HH]. The second kappa shape index (κ2) is 3.21. The van der Waals surface area contributed by atoms with E-state index in [0.717, 1.165) is 23.3 Å². The molecule has 0 amide bonds. The van der Waals surface area contributed by atoms with E-state index in [-0.39, 0.29) is 1.43 Å². The number of hydrogen-bond donors (Lipinski definition) is 1. The number of aromatic amines is 1. The number of hydrogen-bond acceptors (Lipinski definition) is 1. The van der Waals surface area contributed by atoms with Crippen LogP contribution in [-0.2, 0) is 0 Å². The van der Waals surface area contributed by atoms with Crippen LogP contribution in [-0.4, -0.2) is 9.97 Å². The molecule has 1 heterocycles. The third-order valence-electron chi connectivity index (χ3n) is 2.49. The van der Waals surface area contributed by atoms with Crippen molar-refractivity contribution in [3.63, 3.8) is 0 Å². The Bertz CT molecular complexity index is 375. The highest BCUT2D eigenvalue weighted by Crippen LogP contribution is 2.18. The molecule has 0 aliphatic carbocycles. The molecule has 0 fully saturated rings. The van der Waals surface area contributed by atoms with Gasteiger partial charge in [-0.25, -0.2) is 4.98 Å². The molecule has 13 heavy (non-hydrogen) atoms. The quantitative estimate of drug-likeness (QED) is 0.747. The van der Waals surface area contributed by atoms with E-state index in [1.165, 1.54) is 0 Å². The molecule has 2 heteroatoms. The Balaban J connectivity index is 0.000000980. The van der Waals surface area contributed by atoms with Crippen LogP contribution in [0.4, 0.5) is 0 Å². The first kappa shape index (κ1) is 8.30. The second-order valence-electron chi connectivity index (χ2n) is 3.45. The number of nitrogens with zero attached hydrogens (tertiary/aromatic N) is 1. The van der Waals surface area contributed by atoms with Crippen LogP contribution in [0.2, 0.25) is 0 Å². The third kappa shape index (κ3) is 1.44. The van der Waals surface area contributed by atoms with Gasteiger partial charge in [0, 0.05) is 7.34 Å². The van der Waals surface area contributed by atoms with Gasteiger partial charge in [-0.3, -0.25) is 0 Å². The van der Waals surface area contributed by atoms with Gasteiger partial charge in [0.15, 0.2) is 0 Å². The molecular weight excluding hydrogens is 160 g/mol. The summed E-state index contributed by atoms with van der Waals surface area (Å²) < 4.78 is 0. The van der Waals surface area contributed by atoms with Gasteiger partial charge in [-0.05, 0) is 18.6 Å². The summed E-state index contributed by atoms with van der Waals surface area (Å²) in [6, 6.07) is 8.15. The van der Waals surface area contributed by atoms with Gasteiger partial charge in [-0.15, -0.1) is 0 Å². The molecule has 0 aliphatic rings. The minimum absolute atomic E-state index is 0. The largest absolute Gasteiger partial charge is 0.342 e. The van der Waals surface area contributed by atoms with Gasteiger partial charge in [-0.2, -0.15) is 0 Å². The molecule has 1 aromatic heterocycles. The number of para-hydroxylation sites is 2. The number of imidazole rings is 1. The molecule has 0 saturated carbocycles. The highest BCUT2D eigenvalue weighted by Gasteiger charge is 2.07. The summed E-state index contributed by atoms with van der Waals surface area (Å²) in [6.07, 6.45) is 1.12.